The molecule has 1 unspecified atom stereocenters. The number of thioether (sulfide) groups is 1. The first-order chi connectivity index (χ1) is 9.50. The largest absolute Gasteiger partial charge is 0.346 e. The summed E-state index contributed by atoms with van der Waals surface area (Å²) in [5.41, 5.74) is 0.604. The van der Waals surface area contributed by atoms with E-state index in [1.165, 1.54) is 0 Å². The van der Waals surface area contributed by atoms with Gasteiger partial charge in [0.05, 0.1) is 0 Å². The van der Waals surface area contributed by atoms with Crippen LogP contribution in [0.4, 0.5) is 0 Å². The van der Waals surface area contributed by atoms with Crippen LogP contribution >= 0.6 is 30.7 Å². The summed E-state index contributed by atoms with van der Waals surface area (Å²) < 4.78 is 11.7. The van der Waals surface area contributed by atoms with Crippen molar-refractivity contribution in [2.24, 2.45) is 0 Å². The van der Waals surface area contributed by atoms with E-state index in [1.54, 1.807) is 35.2 Å². The fourth-order valence-corrected chi connectivity index (χ4v) is 3.78. The maximum atomic E-state index is 11.7. The normalized spacial score (nSPS) is 13.3. The molecule has 3 N–H and O–H groups in total. The summed E-state index contributed by atoms with van der Waals surface area (Å²) in [7, 11) is -4.25. The first-order valence-electron chi connectivity index (χ1n) is 5.95. The summed E-state index contributed by atoms with van der Waals surface area (Å²) in [6.07, 6.45) is 1.96. The van der Waals surface area contributed by atoms with E-state index in [0.717, 1.165) is 9.77 Å². The Morgan fingerprint density at radius 1 is 1.30 bits per heavy atom. The lowest BCUT2D eigenvalue weighted by molar-refractivity contribution is 0.347. The highest BCUT2D eigenvalue weighted by Crippen LogP contribution is 2.50. The zero-order chi connectivity index (χ0) is 14.6. The van der Waals surface area contributed by atoms with Crippen LogP contribution in [0.25, 0.3) is 0 Å². The summed E-state index contributed by atoms with van der Waals surface area (Å²) in [6, 6.07) is 11.1. The number of hydrogen-bond donors (Lipinski definition) is 3. The molecule has 1 aromatic heterocycles. The molecular weight excluding hydrogens is 313 g/mol. The van der Waals surface area contributed by atoms with Gasteiger partial charge in [0, 0.05) is 16.3 Å². The molecule has 0 fully saturated rings. The minimum absolute atomic E-state index is 0.442. The van der Waals surface area contributed by atoms with E-state index in [9.17, 15) is 14.4 Å². The first kappa shape index (κ1) is 15.8. The molecular formula is C13H16NO3PS2. The number of nitrogens with one attached hydrogen (secondary N) is 1. The molecule has 0 spiro atoms. The van der Waals surface area contributed by atoms with Crippen molar-refractivity contribution in [2.75, 3.05) is 6.26 Å². The summed E-state index contributed by atoms with van der Waals surface area (Å²) in [6.45, 7) is 0.442. The van der Waals surface area contributed by atoms with Crippen molar-refractivity contribution in [1.29, 1.82) is 0 Å². The summed E-state index contributed by atoms with van der Waals surface area (Å²) >= 11 is 3.15. The quantitative estimate of drug-likeness (QED) is 0.559. The molecule has 0 saturated heterocycles. The lowest BCUT2D eigenvalue weighted by Crippen LogP contribution is -2.20. The van der Waals surface area contributed by atoms with Crippen LogP contribution < -0.4 is 5.32 Å². The van der Waals surface area contributed by atoms with E-state index in [2.05, 4.69) is 5.32 Å². The van der Waals surface area contributed by atoms with Gasteiger partial charge in [-0.3, -0.25) is 9.88 Å². The van der Waals surface area contributed by atoms with Crippen LogP contribution in [-0.4, -0.2) is 16.0 Å². The van der Waals surface area contributed by atoms with Gasteiger partial charge in [0.25, 0.3) is 0 Å². The molecule has 0 aliphatic rings. The van der Waals surface area contributed by atoms with Gasteiger partial charge in [-0.2, -0.15) is 0 Å². The van der Waals surface area contributed by atoms with Crippen molar-refractivity contribution in [3.8, 4) is 0 Å². The second kappa shape index (κ2) is 6.89. The molecule has 2 rings (SSSR count). The van der Waals surface area contributed by atoms with Gasteiger partial charge in [0.1, 0.15) is 5.78 Å². The van der Waals surface area contributed by atoms with Gasteiger partial charge in [0.2, 0.25) is 0 Å². The third kappa shape index (κ3) is 4.19. The Labute approximate surface area is 126 Å². The molecule has 20 heavy (non-hydrogen) atoms. The van der Waals surface area contributed by atoms with E-state index in [4.69, 9.17) is 0 Å². The van der Waals surface area contributed by atoms with Crippen LogP contribution in [0.1, 0.15) is 16.2 Å². The predicted molar refractivity (Wildman–Crippen MR) is 84.2 cm³/mol. The minimum Gasteiger partial charge on any atom is -0.323 e. The molecule has 4 nitrogen and oxygen atoms in total. The lowest BCUT2D eigenvalue weighted by atomic mass is 10.2. The smallest absolute Gasteiger partial charge is 0.323 e. The fourth-order valence-electron chi connectivity index (χ4n) is 1.83. The van der Waals surface area contributed by atoms with Crippen molar-refractivity contribution in [3.63, 3.8) is 0 Å². The van der Waals surface area contributed by atoms with Crippen molar-refractivity contribution in [2.45, 2.75) is 17.2 Å². The summed E-state index contributed by atoms with van der Waals surface area (Å²) in [5.74, 6) is -0.972. The highest BCUT2D eigenvalue weighted by molar-refractivity contribution is 7.98. The number of rotatable bonds is 6. The van der Waals surface area contributed by atoms with Crippen LogP contribution in [-0.2, 0) is 11.1 Å². The van der Waals surface area contributed by atoms with E-state index >= 15 is 0 Å². The molecule has 0 radical (unpaired) electrons. The topological polar surface area (TPSA) is 69.6 Å². The van der Waals surface area contributed by atoms with Crippen molar-refractivity contribution in [3.05, 3.63) is 52.2 Å². The van der Waals surface area contributed by atoms with Gasteiger partial charge >= 0.3 is 7.60 Å². The Balaban J connectivity index is 2.16. The van der Waals surface area contributed by atoms with Gasteiger partial charge in [0.15, 0.2) is 0 Å². The summed E-state index contributed by atoms with van der Waals surface area (Å²) in [5, 5.41) is 4.90. The average Bonchev–Trinajstić information content (AvgIpc) is 2.91. The van der Waals surface area contributed by atoms with E-state index < -0.39 is 13.4 Å². The minimum atomic E-state index is -4.25. The zero-order valence-electron chi connectivity index (χ0n) is 10.9. The molecule has 0 amide bonds. The lowest BCUT2D eigenvalue weighted by Gasteiger charge is -2.20. The zero-order valence-corrected chi connectivity index (χ0v) is 13.4. The molecule has 0 aliphatic carbocycles. The molecule has 0 saturated carbocycles. The Hall–Kier alpha value is -0.620. The number of hydrogen-bond acceptors (Lipinski definition) is 4. The average molecular weight is 329 g/mol. The van der Waals surface area contributed by atoms with Crippen LogP contribution in [0.2, 0.25) is 0 Å². The first-order valence-corrected chi connectivity index (χ1v) is 9.74. The van der Waals surface area contributed by atoms with Crippen LogP contribution in [0.15, 0.2) is 46.7 Å². The van der Waals surface area contributed by atoms with Crippen molar-refractivity contribution in [1.82, 2.24) is 5.32 Å². The Kier molecular flexibility index (Phi) is 5.43. The van der Waals surface area contributed by atoms with Crippen molar-refractivity contribution >= 4 is 30.7 Å². The third-order valence-corrected chi connectivity index (χ3v) is 5.59. The highest BCUT2D eigenvalue weighted by atomic mass is 32.2. The van der Waals surface area contributed by atoms with Crippen LogP contribution in [0.5, 0.6) is 0 Å². The second-order valence-corrected chi connectivity index (χ2v) is 7.83. The van der Waals surface area contributed by atoms with Crippen LogP contribution in [0, 0.1) is 0 Å². The monoisotopic (exact) mass is 329 g/mol. The maximum Gasteiger partial charge on any atom is 0.346 e. The molecule has 1 heterocycles. The van der Waals surface area contributed by atoms with Gasteiger partial charge in [-0.1, -0.05) is 18.2 Å². The fraction of sp³-hybridized carbons (Fsp3) is 0.231. The number of thiophene rings is 1. The second-order valence-electron chi connectivity index (χ2n) is 4.23. The predicted octanol–water partition coefficient (Wildman–Crippen LogP) is 3.44. The van der Waals surface area contributed by atoms with E-state index in [0.29, 0.717) is 12.1 Å². The van der Waals surface area contributed by atoms with Gasteiger partial charge in [-0.25, -0.2) is 0 Å². The molecule has 1 atom stereocenters. The van der Waals surface area contributed by atoms with Crippen molar-refractivity contribution < 1.29 is 14.4 Å². The van der Waals surface area contributed by atoms with Crippen LogP contribution in [0.3, 0.4) is 0 Å². The molecule has 108 valence electrons. The maximum absolute atomic E-state index is 11.7. The molecule has 0 bridgehead atoms. The highest BCUT2D eigenvalue weighted by Gasteiger charge is 2.29. The van der Waals surface area contributed by atoms with Gasteiger partial charge < -0.3 is 9.79 Å². The molecule has 0 aliphatic heterocycles. The van der Waals surface area contributed by atoms with E-state index in [1.807, 2.05) is 35.9 Å². The molecule has 1 aromatic carbocycles. The Morgan fingerprint density at radius 2 is 2.00 bits per heavy atom. The number of benzene rings is 1. The Bertz CT molecular complexity index is 580. The van der Waals surface area contributed by atoms with E-state index in [-0.39, 0.29) is 0 Å². The molecule has 7 heteroatoms. The van der Waals surface area contributed by atoms with Gasteiger partial charge in [-0.15, -0.1) is 23.1 Å². The SMILES string of the molecule is CSc1ccc(C(NCc2cccs2)P(=O)(O)O)cc1. The third-order valence-electron chi connectivity index (χ3n) is 2.82. The Morgan fingerprint density at radius 3 is 2.50 bits per heavy atom. The molecule has 2 aromatic rings. The standard InChI is InChI=1S/C13H16NO3PS2/c1-19-11-6-4-10(5-7-11)13(18(15,16)17)14-9-12-3-2-8-20-12/h2-8,13-14H,9H2,1H3,(H2,15,16,17). The van der Waals surface area contributed by atoms with Gasteiger partial charge in [-0.05, 0) is 35.4 Å². The summed E-state index contributed by atoms with van der Waals surface area (Å²) in [4.78, 5) is 21.2.